The van der Waals surface area contributed by atoms with E-state index in [1.807, 2.05) is 6.07 Å². The Labute approximate surface area is 187 Å². The predicted molar refractivity (Wildman–Crippen MR) is 118 cm³/mol. The maximum atomic E-state index is 12.8. The zero-order valence-electron chi connectivity index (χ0n) is 17.6. The van der Waals surface area contributed by atoms with Crippen LogP contribution in [0.1, 0.15) is 25.3 Å². The summed E-state index contributed by atoms with van der Waals surface area (Å²) < 4.78 is 31.8. The van der Waals surface area contributed by atoms with Crippen molar-refractivity contribution in [3.8, 4) is 6.07 Å². The first kappa shape index (κ1) is 23.2. The second-order valence-electron chi connectivity index (χ2n) is 7.23. The lowest BCUT2D eigenvalue weighted by Crippen LogP contribution is -2.41. The highest BCUT2D eigenvalue weighted by molar-refractivity contribution is 7.89. The second kappa shape index (κ2) is 10.3. The van der Waals surface area contributed by atoms with Crippen molar-refractivity contribution in [2.45, 2.75) is 24.7 Å². The van der Waals surface area contributed by atoms with Gasteiger partial charge in [-0.25, -0.2) is 13.2 Å². The molecule has 2 N–H and O–H groups in total. The van der Waals surface area contributed by atoms with E-state index in [-0.39, 0.29) is 36.4 Å². The zero-order chi connectivity index (χ0) is 23.1. The van der Waals surface area contributed by atoms with Gasteiger partial charge in [-0.15, -0.1) is 0 Å². The second-order valence-corrected chi connectivity index (χ2v) is 9.16. The van der Waals surface area contributed by atoms with Gasteiger partial charge in [0.05, 0.1) is 23.1 Å². The molecule has 0 spiro atoms. The van der Waals surface area contributed by atoms with Gasteiger partial charge in [0.15, 0.2) is 0 Å². The van der Waals surface area contributed by atoms with Gasteiger partial charge in [0, 0.05) is 30.4 Å². The quantitative estimate of drug-likeness (QED) is 0.687. The summed E-state index contributed by atoms with van der Waals surface area (Å²) in [6.45, 7) is 2.46. The number of carbonyl (C=O) groups is 2. The number of piperidine rings is 1. The molecule has 1 saturated heterocycles. The number of amides is 2. The summed E-state index contributed by atoms with van der Waals surface area (Å²) in [5.74, 6) is -0.480. The molecule has 0 aliphatic carbocycles. The number of ether oxygens (including phenoxy) is 1. The number of hydrogen-bond acceptors (Lipinski definition) is 6. The Morgan fingerprint density at radius 1 is 1.03 bits per heavy atom. The first-order chi connectivity index (χ1) is 15.3. The average Bonchev–Trinajstić information content (AvgIpc) is 2.80. The monoisotopic (exact) mass is 456 g/mol. The lowest BCUT2D eigenvalue weighted by atomic mass is 9.97. The van der Waals surface area contributed by atoms with E-state index in [2.05, 4.69) is 10.6 Å². The Bertz CT molecular complexity index is 1100. The maximum Gasteiger partial charge on any atom is 0.411 e. The highest BCUT2D eigenvalue weighted by Gasteiger charge is 2.32. The van der Waals surface area contributed by atoms with E-state index in [1.54, 1.807) is 31.2 Å². The van der Waals surface area contributed by atoms with Crippen molar-refractivity contribution in [1.29, 1.82) is 5.26 Å². The molecule has 1 fully saturated rings. The molecule has 0 radical (unpaired) electrons. The number of carbonyl (C=O) groups excluding carboxylic acids is 2. The van der Waals surface area contributed by atoms with Crippen molar-refractivity contribution >= 4 is 33.4 Å². The molecule has 0 unspecified atom stereocenters. The van der Waals surface area contributed by atoms with E-state index < -0.39 is 16.1 Å². The van der Waals surface area contributed by atoms with Gasteiger partial charge in [0.2, 0.25) is 15.9 Å². The molecule has 9 nitrogen and oxygen atoms in total. The van der Waals surface area contributed by atoms with Crippen molar-refractivity contribution < 1.29 is 22.7 Å². The van der Waals surface area contributed by atoms with E-state index in [0.717, 1.165) is 0 Å². The molecule has 0 saturated carbocycles. The van der Waals surface area contributed by atoms with Crippen LogP contribution in [-0.4, -0.2) is 44.4 Å². The van der Waals surface area contributed by atoms with Crippen LogP contribution in [0, 0.1) is 17.2 Å². The Morgan fingerprint density at radius 3 is 2.12 bits per heavy atom. The van der Waals surface area contributed by atoms with Crippen LogP contribution in [0.3, 0.4) is 0 Å². The van der Waals surface area contributed by atoms with Gasteiger partial charge in [0.25, 0.3) is 0 Å². The number of anilines is 2. The summed E-state index contributed by atoms with van der Waals surface area (Å²) in [5.41, 5.74) is 1.52. The molecule has 2 aromatic rings. The molecule has 1 aliphatic rings. The molecule has 0 bridgehead atoms. The smallest absolute Gasteiger partial charge is 0.411 e. The van der Waals surface area contributed by atoms with Gasteiger partial charge >= 0.3 is 6.09 Å². The fourth-order valence-electron chi connectivity index (χ4n) is 3.38. The van der Waals surface area contributed by atoms with Crippen LogP contribution in [-0.2, 0) is 19.6 Å². The van der Waals surface area contributed by atoms with Crippen LogP contribution in [0.4, 0.5) is 16.2 Å². The van der Waals surface area contributed by atoms with Crippen LogP contribution < -0.4 is 10.6 Å². The molecule has 1 heterocycles. The molecule has 1 aliphatic heterocycles. The van der Waals surface area contributed by atoms with Gasteiger partial charge in [-0.05, 0) is 68.3 Å². The van der Waals surface area contributed by atoms with E-state index in [9.17, 15) is 18.0 Å². The molecule has 3 rings (SSSR count). The predicted octanol–water partition coefficient (Wildman–Crippen LogP) is 3.17. The topological polar surface area (TPSA) is 129 Å². The van der Waals surface area contributed by atoms with Gasteiger partial charge < -0.3 is 10.1 Å². The number of nitriles is 1. The highest BCUT2D eigenvalue weighted by Crippen LogP contribution is 2.25. The van der Waals surface area contributed by atoms with Crippen LogP contribution in [0.2, 0.25) is 0 Å². The van der Waals surface area contributed by atoms with Crippen molar-refractivity contribution in [2.75, 3.05) is 30.3 Å². The summed E-state index contributed by atoms with van der Waals surface area (Å²) in [4.78, 5) is 24.2. The van der Waals surface area contributed by atoms with E-state index in [0.29, 0.717) is 29.8 Å². The number of nitrogens with zero attached hydrogens (tertiary/aromatic N) is 2. The Balaban J connectivity index is 1.54. The number of rotatable bonds is 6. The molecule has 10 heteroatoms. The third-order valence-corrected chi connectivity index (χ3v) is 7.03. The first-order valence-electron chi connectivity index (χ1n) is 10.2. The average molecular weight is 457 g/mol. The number of benzene rings is 2. The van der Waals surface area contributed by atoms with Crippen LogP contribution in [0.25, 0.3) is 0 Å². The third-order valence-electron chi connectivity index (χ3n) is 5.12. The molecule has 2 amide bonds. The van der Waals surface area contributed by atoms with Crippen LogP contribution in [0.5, 0.6) is 0 Å². The Kier molecular flexibility index (Phi) is 7.45. The number of nitrogens with one attached hydrogen (secondary N) is 2. The summed E-state index contributed by atoms with van der Waals surface area (Å²) in [6.07, 6.45) is 0.264. The highest BCUT2D eigenvalue weighted by atomic mass is 32.2. The molecule has 0 aromatic heterocycles. The van der Waals surface area contributed by atoms with Gasteiger partial charge in [-0.2, -0.15) is 9.57 Å². The lowest BCUT2D eigenvalue weighted by Gasteiger charge is -2.30. The summed E-state index contributed by atoms with van der Waals surface area (Å²) in [7, 11) is -3.67. The normalized spacial score (nSPS) is 14.9. The van der Waals surface area contributed by atoms with Gasteiger partial charge in [0.1, 0.15) is 0 Å². The molecule has 32 heavy (non-hydrogen) atoms. The number of hydrogen-bond donors (Lipinski definition) is 2. The summed E-state index contributed by atoms with van der Waals surface area (Å²) in [6, 6.07) is 14.4. The van der Waals surface area contributed by atoms with E-state index >= 15 is 0 Å². The van der Waals surface area contributed by atoms with Crippen molar-refractivity contribution in [2.24, 2.45) is 5.92 Å². The minimum atomic E-state index is -3.67. The van der Waals surface area contributed by atoms with E-state index in [1.165, 1.54) is 28.6 Å². The first-order valence-corrected chi connectivity index (χ1v) is 11.6. The van der Waals surface area contributed by atoms with E-state index in [4.69, 9.17) is 10.00 Å². The van der Waals surface area contributed by atoms with Crippen LogP contribution in [0.15, 0.2) is 53.4 Å². The summed E-state index contributed by atoms with van der Waals surface area (Å²) in [5, 5.41) is 14.3. The summed E-state index contributed by atoms with van der Waals surface area (Å²) >= 11 is 0. The van der Waals surface area contributed by atoms with Crippen molar-refractivity contribution in [3.63, 3.8) is 0 Å². The minimum Gasteiger partial charge on any atom is -0.450 e. The minimum absolute atomic E-state index is 0.135. The lowest BCUT2D eigenvalue weighted by molar-refractivity contribution is -0.120. The van der Waals surface area contributed by atoms with Crippen LogP contribution >= 0.6 is 0 Å². The third kappa shape index (κ3) is 5.63. The molecular formula is C22H24N4O5S. The Morgan fingerprint density at radius 2 is 1.59 bits per heavy atom. The molecule has 2 aromatic carbocycles. The SMILES string of the molecule is CCOC(=O)Nc1ccc(NC(=O)C2CCN(S(=O)(=O)c3ccc(C#N)cc3)CC2)cc1. The van der Waals surface area contributed by atoms with Crippen molar-refractivity contribution in [1.82, 2.24) is 4.31 Å². The zero-order valence-corrected chi connectivity index (χ0v) is 18.4. The molecule has 168 valence electrons. The van der Waals surface area contributed by atoms with Crippen molar-refractivity contribution in [3.05, 3.63) is 54.1 Å². The standard InChI is InChI=1S/C22H24N4O5S/c1-2-31-22(28)25-19-7-5-18(6-8-19)24-21(27)17-11-13-26(14-12-17)32(29,30)20-9-3-16(15-23)4-10-20/h3-10,17H,2,11-14H2,1H3,(H,24,27)(H,25,28). The maximum absolute atomic E-state index is 12.8. The largest absolute Gasteiger partial charge is 0.450 e. The fraction of sp³-hybridized carbons (Fsp3) is 0.318. The molecule has 0 atom stereocenters. The number of sulfonamides is 1. The van der Waals surface area contributed by atoms with Gasteiger partial charge in [-0.1, -0.05) is 0 Å². The fourth-order valence-corrected chi connectivity index (χ4v) is 4.84. The van der Waals surface area contributed by atoms with Gasteiger partial charge in [-0.3, -0.25) is 10.1 Å². The molecular weight excluding hydrogens is 432 g/mol. The Hall–Kier alpha value is -3.42.